The van der Waals surface area contributed by atoms with Crippen molar-refractivity contribution in [1.29, 1.82) is 0 Å². The Bertz CT molecular complexity index is 645. The minimum absolute atomic E-state index is 0.0201. The molecular formula is C17H18ClNO3. The summed E-state index contributed by atoms with van der Waals surface area (Å²) in [6.07, 6.45) is 5.01. The molecule has 2 heterocycles. The van der Waals surface area contributed by atoms with E-state index in [4.69, 9.17) is 16.3 Å². The molecule has 1 amide bonds. The Balaban J connectivity index is 1.76. The maximum Gasteiger partial charge on any atom is 0.246 e. The first-order valence-electron chi connectivity index (χ1n) is 7.46. The number of likely N-dealkylation sites (tertiary alicyclic amines) is 1. The summed E-state index contributed by atoms with van der Waals surface area (Å²) in [5, 5.41) is 0.540. The summed E-state index contributed by atoms with van der Waals surface area (Å²) in [6, 6.07) is 5.15. The lowest BCUT2D eigenvalue weighted by Crippen LogP contribution is -2.52. The van der Waals surface area contributed by atoms with Crippen LogP contribution < -0.4 is 4.74 Å². The molecule has 1 fully saturated rings. The molecule has 116 valence electrons. The Labute approximate surface area is 134 Å². The quantitative estimate of drug-likeness (QED) is 0.747. The second-order valence-corrected chi connectivity index (χ2v) is 6.29. The van der Waals surface area contributed by atoms with Crippen LogP contribution >= 0.6 is 11.6 Å². The molecule has 0 unspecified atom stereocenters. The number of benzene rings is 1. The van der Waals surface area contributed by atoms with Crippen LogP contribution in [0.1, 0.15) is 36.5 Å². The Morgan fingerprint density at radius 1 is 1.36 bits per heavy atom. The number of amides is 1. The van der Waals surface area contributed by atoms with Gasteiger partial charge in [-0.2, -0.15) is 0 Å². The number of nitrogens with zero attached hydrogens (tertiary/aromatic N) is 1. The van der Waals surface area contributed by atoms with Crippen LogP contribution in [0.5, 0.6) is 5.75 Å². The third kappa shape index (κ3) is 2.75. The SMILES string of the molecule is C/C=C/C(=O)N1CCC2(CC1)CC(=O)c1cc(Cl)ccc1O2. The summed E-state index contributed by atoms with van der Waals surface area (Å²) in [4.78, 5) is 26.1. The lowest BCUT2D eigenvalue weighted by Gasteiger charge is -2.43. The second kappa shape index (κ2) is 5.76. The highest BCUT2D eigenvalue weighted by molar-refractivity contribution is 6.31. The van der Waals surface area contributed by atoms with Crippen LogP contribution in [-0.4, -0.2) is 35.3 Å². The average molecular weight is 320 g/mol. The van der Waals surface area contributed by atoms with Gasteiger partial charge in [-0.1, -0.05) is 17.7 Å². The zero-order valence-electron chi connectivity index (χ0n) is 12.5. The van der Waals surface area contributed by atoms with Gasteiger partial charge in [-0.25, -0.2) is 0 Å². The molecule has 0 aromatic heterocycles. The maximum absolute atomic E-state index is 12.4. The first kappa shape index (κ1) is 15.1. The molecule has 1 spiro atoms. The molecule has 0 aliphatic carbocycles. The van der Waals surface area contributed by atoms with Crippen LogP contribution in [0, 0.1) is 0 Å². The van der Waals surface area contributed by atoms with Crippen molar-refractivity contribution < 1.29 is 14.3 Å². The van der Waals surface area contributed by atoms with E-state index in [-0.39, 0.29) is 11.7 Å². The molecule has 22 heavy (non-hydrogen) atoms. The van der Waals surface area contributed by atoms with Gasteiger partial charge in [0.1, 0.15) is 11.4 Å². The van der Waals surface area contributed by atoms with Gasteiger partial charge in [0.2, 0.25) is 5.91 Å². The molecule has 3 rings (SSSR count). The van der Waals surface area contributed by atoms with Crippen LogP contribution in [0.25, 0.3) is 0 Å². The lowest BCUT2D eigenvalue weighted by atomic mass is 9.82. The van der Waals surface area contributed by atoms with E-state index in [0.717, 1.165) is 0 Å². The van der Waals surface area contributed by atoms with E-state index in [0.29, 0.717) is 48.7 Å². The predicted octanol–water partition coefficient (Wildman–Crippen LogP) is 3.24. The summed E-state index contributed by atoms with van der Waals surface area (Å²) >= 11 is 5.94. The van der Waals surface area contributed by atoms with Crippen LogP contribution in [0.2, 0.25) is 5.02 Å². The standard InChI is InChI=1S/C17H18ClNO3/c1-2-3-16(21)19-8-6-17(7-9-19)11-14(20)13-10-12(18)4-5-15(13)22-17/h2-5,10H,6-9,11H2,1H3/b3-2+. The number of allylic oxidation sites excluding steroid dienone is 1. The Morgan fingerprint density at radius 3 is 2.77 bits per heavy atom. The van der Waals surface area contributed by atoms with Crippen molar-refractivity contribution in [2.24, 2.45) is 0 Å². The fourth-order valence-electron chi connectivity index (χ4n) is 3.13. The summed E-state index contributed by atoms with van der Waals surface area (Å²) in [5.74, 6) is 0.692. The van der Waals surface area contributed by atoms with Gasteiger partial charge < -0.3 is 9.64 Å². The number of ether oxygens (including phenoxy) is 1. The van der Waals surface area contributed by atoms with E-state index in [1.165, 1.54) is 0 Å². The molecule has 2 aliphatic rings. The minimum atomic E-state index is -0.482. The van der Waals surface area contributed by atoms with Crippen molar-refractivity contribution >= 4 is 23.3 Å². The third-order valence-corrected chi connectivity index (χ3v) is 4.58. The van der Waals surface area contributed by atoms with Gasteiger partial charge in [0.25, 0.3) is 0 Å². The summed E-state index contributed by atoms with van der Waals surface area (Å²) in [6.45, 7) is 3.05. The molecule has 1 aromatic carbocycles. The fraction of sp³-hybridized carbons (Fsp3) is 0.412. The summed E-state index contributed by atoms with van der Waals surface area (Å²) in [5.41, 5.74) is 0.0792. The Hall–Kier alpha value is -1.81. The van der Waals surface area contributed by atoms with E-state index >= 15 is 0 Å². The third-order valence-electron chi connectivity index (χ3n) is 4.35. The van der Waals surface area contributed by atoms with Gasteiger partial charge in [0.15, 0.2) is 5.78 Å². The first-order valence-corrected chi connectivity index (χ1v) is 7.84. The highest BCUT2D eigenvalue weighted by Gasteiger charge is 2.43. The Kier molecular flexibility index (Phi) is 3.96. The van der Waals surface area contributed by atoms with Crippen molar-refractivity contribution in [2.75, 3.05) is 13.1 Å². The predicted molar refractivity (Wildman–Crippen MR) is 84.4 cm³/mol. The molecule has 0 atom stereocenters. The minimum Gasteiger partial charge on any atom is -0.486 e. The van der Waals surface area contributed by atoms with Crippen LogP contribution in [0.15, 0.2) is 30.4 Å². The van der Waals surface area contributed by atoms with Crippen molar-refractivity contribution in [3.8, 4) is 5.75 Å². The van der Waals surface area contributed by atoms with Crippen LogP contribution in [0.4, 0.5) is 0 Å². The fourth-order valence-corrected chi connectivity index (χ4v) is 3.30. The van der Waals surface area contributed by atoms with E-state index in [9.17, 15) is 9.59 Å². The average Bonchev–Trinajstić information content (AvgIpc) is 2.49. The molecule has 4 nitrogen and oxygen atoms in total. The molecule has 0 N–H and O–H groups in total. The zero-order chi connectivity index (χ0) is 15.7. The number of fused-ring (bicyclic) bond motifs is 1. The normalized spacial score (nSPS) is 20.1. The number of hydrogen-bond donors (Lipinski definition) is 0. The highest BCUT2D eigenvalue weighted by Crippen LogP contribution is 2.40. The number of hydrogen-bond acceptors (Lipinski definition) is 3. The van der Waals surface area contributed by atoms with Gasteiger partial charge >= 0.3 is 0 Å². The van der Waals surface area contributed by atoms with Gasteiger partial charge in [0, 0.05) is 31.0 Å². The van der Waals surface area contributed by atoms with E-state index in [2.05, 4.69) is 0 Å². The van der Waals surface area contributed by atoms with Crippen LogP contribution in [0.3, 0.4) is 0 Å². The topological polar surface area (TPSA) is 46.6 Å². The molecule has 2 aliphatic heterocycles. The number of carbonyl (C=O) groups excluding carboxylic acids is 2. The number of carbonyl (C=O) groups is 2. The first-order chi connectivity index (χ1) is 10.5. The number of ketones is 1. The number of rotatable bonds is 1. The molecule has 1 saturated heterocycles. The molecular weight excluding hydrogens is 302 g/mol. The molecule has 0 bridgehead atoms. The lowest BCUT2D eigenvalue weighted by molar-refractivity contribution is -0.129. The van der Waals surface area contributed by atoms with Gasteiger partial charge in [0.05, 0.1) is 12.0 Å². The van der Waals surface area contributed by atoms with Crippen molar-refractivity contribution in [3.05, 3.63) is 40.9 Å². The van der Waals surface area contributed by atoms with Crippen molar-refractivity contribution in [1.82, 2.24) is 4.90 Å². The van der Waals surface area contributed by atoms with Crippen molar-refractivity contribution in [2.45, 2.75) is 31.8 Å². The molecule has 1 aromatic rings. The Morgan fingerprint density at radius 2 is 2.09 bits per heavy atom. The zero-order valence-corrected chi connectivity index (χ0v) is 13.2. The molecule has 5 heteroatoms. The van der Waals surface area contributed by atoms with Gasteiger partial charge in [-0.05, 0) is 31.2 Å². The van der Waals surface area contributed by atoms with E-state index in [1.54, 1.807) is 35.3 Å². The second-order valence-electron chi connectivity index (χ2n) is 5.85. The number of piperidine rings is 1. The van der Waals surface area contributed by atoms with E-state index in [1.807, 2.05) is 6.92 Å². The molecule has 0 saturated carbocycles. The summed E-state index contributed by atoms with van der Waals surface area (Å²) in [7, 11) is 0. The van der Waals surface area contributed by atoms with Crippen molar-refractivity contribution in [3.63, 3.8) is 0 Å². The van der Waals surface area contributed by atoms with Gasteiger partial charge in [-0.15, -0.1) is 0 Å². The largest absolute Gasteiger partial charge is 0.486 e. The van der Waals surface area contributed by atoms with Crippen LogP contribution in [-0.2, 0) is 4.79 Å². The number of Topliss-reactive ketones (excluding diaryl/α,β-unsaturated/α-hetero) is 1. The summed E-state index contributed by atoms with van der Waals surface area (Å²) < 4.78 is 6.14. The maximum atomic E-state index is 12.4. The van der Waals surface area contributed by atoms with E-state index < -0.39 is 5.60 Å². The highest BCUT2D eigenvalue weighted by atomic mass is 35.5. The monoisotopic (exact) mass is 319 g/mol. The smallest absolute Gasteiger partial charge is 0.246 e. The van der Waals surface area contributed by atoms with Gasteiger partial charge in [-0.3, -0.25) is 9.59 Å². The molecule has 0 radical (unpaired) electrons. The number of halogens is 1.